The predicted molar refractivity (Wildman–Crippen MR) is 113 cm³/mol. The predicted octanol–water partition coefficient (Wildman–Crippen LogP) is 4.62. The Labute approximate surface area is 167 Å². The van der Waals surface area contributed by atoms with E-state index in [4.69, 9.17) is 0 Å². The minimum Gasteiger partial charge on any atom is -0.343 e. The molecule has 1 N–H and O–H groups in total. The second-order valence-electron chi connectivity index (χ2n) is 7.91. The molecule has 1 heterocycles. The third-order valence-corrected chi connectivity index (χ3v) is 5.53. The normalized spacial score (nSPS) is 14.9. The summed E-state index contributed by atoms with van der Waals surface area (Å²) in [6, 6.07) is 18.2. The number of nitrogens with zero attached hydrogens (tertiary/aromatic N) is 1. The first kappa shape index (κ1) is 20.1. The van der Waals surface area contributed by atoms with Crippen LogP contribution in [0.25, 0.3) is 0 Å². The molecule has 4 heteroatoms. The first-order valence-electron chi connectivity index (χ1n) is 10.3. The molecule has 28 heavy (non-hydrogen) atoms. The molecule has 0 aliphatic carbocycles. The number of likely N-dealkylation sites (tertiary alicyclic amines) is 1. The number of rotatable bonds is 6. The van der Waals surface area contributed by atoms with Gasteiger partial charge in [0.05, 0.1) is 0 Å². The van der Waals surface area contributed by atoms with Crippen LogP contribution in [0.15, 0.2) is 54.6 Å². The molecule has 0 atom stereocenters. The van der Waals surface area contributed by atoms with Gasteiger partial charge in [-0.1, -0.05) is 56.3 Å². The molecule has 0 spiro atoms. The van der Waals surface area contributed by atoms with E-state index in [0.29, 0.717) is 25.4 Å². The van der Waals surface area contributed by atoms with E-state index in [1.165, 1.54) is 11.1 Å². The van der Waals surface area contributed by atoms with E-state index in [-0.39, 0.29) is 17.7 Å². The van der Waals surface area contributed by atoms with Gasteiger partial charge in [-0.3, -0.25) is 9.59 Å². The number of anilines is 1. The summed E-state index contributed by atoms with van der Waals surface area (Å²) in [6.45, 7) is 5.64. The van der Waals surface area contributed by atoms with E-state index in [0.717, 1.165) is 24.9 Å². The maximum atomic E-state index is 12.6. The summed E-state index contributed by atoms with van der Waals surface area (Å²) >= 11 is 0. The van der Waals surface area contributed by atoms with E-state index >= 15 is 0 Å². The van der Waals surface area contributed by atoms with Crippen LogP contribution in [0.3, 0.4) is 0 Å². The van der Waals surface area contributed by atoms with Gasteiger partial charge in [-0.25, -0.2) is 0 Å². The van der Waals surface area contributed by atoms with Crippen LogP contribution in [0.2, 0.25) is 0 Å². The summed E-state index contributed by atoms with van der Waals surface area (Å²) in [5, 5.41) is 3.03. The Kier molecular flexibility index (Phi) is 6.85. The highest BCUT2D eigenvalue weighted by Gasteiger charge is 2.27. The Bertz CT molecular complexity index is 776. The lowest BCUT2D eigenvalue weighted by Crippen LogP contribution is -2.41. The molecule has 0 bridgehead atoms. The Balaban J connectivity index is 1.43. The van der Waals surface area contributed by atoms with Crippen LogP contribution in [-0.4, -0.2) is 29.8 Å². The molecule has 0 aromatic heterocycles. The Morgan fingerprint density at radius 2 is 1.64 bits per heavy atom. The van der Waals surface area contributed by atoms with Gasteiger partial charge in [-0.2, -0.15) is 0 Å². The second kappa shape index (κ2) is 9.54. The molecule has 0 saturated carbocycles. The first-order chi connectivity index (χ1) is 13.5. The van der Waals surface area contributed by atoms with E-state index in [1.54, 1.807) is 0 Å². The number of hydrogen-bond donors (Lipinski definition) is 1. The molecule has 0 unspecified atom stereocenters. The van der Waals surface area contributed by atoms with Gasteiger partial charge >= 0.3 is 0 Å². The fourth-order valence-electron chi connectivity index (χ4n) is 3.64. The lowest BCUT2D eigenvalue weighted by Gasteiger charge is -2.31. The molecule has 1 fully saturated rings. The van der Waals surface area contributed by atoms with Crippen LogP contribution in [0.1, 0.15) is 50.2 Å². The quantitative estimate of drug-likeness (QED) is 0.797. The number of hydrogen-bond acceptors (Lipinski definition) is 2. The van der Waals surface area contributed by atoms with Crippen molar-refractivity contribution in [2.45, 2.75) is 45.4 Å². The van der Waals surface area contributed by atoms with Gasteiger partial charge < -0.3 is 10.2 Å². The zero-order chi connectivity index (χ0) is 19.9. The minimum absolute atomic E-state index is 0.0250. The molecule has 2 aromatic rings. The number of benzene rings is 2. The lowest BCUT2D eigenvalue weighted by molar-refractivity contribution is -0.134. The van der Waals surface area contributed by atoms with Crippen molar-refractivity contribution >= 4 is 17.5 Å². The molecular weight excluding hydrogens is 348 g/mol. The van der Waals surface area contributed by atoms with Crippen LogP contribution in [0.4, 0.5) is 5.69 Å². The third-order valence-electron chi connectivity index (χ3n) is 5.53. The number of amides is 2. The summed E-state index contributed by atoms with van der Waals surface area (Å²) in [5.41, 5.74) is 3.30. The summed E-state index contributed by atoms with van der Waals surface area (Å²) in [4.78, 5) is 26.9. The topological polar surface area (TPSA) is 49.4 Å². The standard InChI is InChI=1S/C24H30N2O2/c1-18(2)20-9-11-22(12-10-20)25-24(28)21-14-16-26(17-15-21)23(27)13-8-19-6-4-3-5-7-19/h3-7,9-12,18,21H,8,13-17H2,1-2H3,(H,25,28). The van der Waals surface area contributed by atoms with Crippen molar-refractivity contribution in [1.29, 1.82) is 0 Å². The highest BCUT2D eigenvalue weighted by molar-refractivity contribution is 5.92. The van der Waals surface area contributed by atoms with Crippen LogP contribution >= 0.6 is 0 Å². The van der Waals surface area contributed by atoms with Crippen molar-refractivity contribution in [2.24, 2.45) is 5.92 Å². The van der Waals surface area contributed by atoms with Gasteiger partial charge in [0.1, 0.15) is 0 Å². The van der Waals surface area contributed by atoms with Crippen LogP contribution in [0.5, 0.6) is 0 Å². The summed E-state index contributed by atoms with van der Waals surface area (Å²) in [5.74, 6) is 0.706. The Morgan fingerprint density at radius 3 is 2.25 bits per heavy atom. The lowest BCUT2D eigenvalue weighted by atomic mass is 9.95. The fraction of sp³-hybridized carbons (Fsp3) is 0.417. The number of aryl methyl sites for hydroxylation is 1. The molecular formula is C24H30N2O2. The third kappa shape index (κ3) is 5.44. The Morgan fingerprint density at radius 1 is 1.00 bits per heavy atom. The average molecular weight is 379 g/mol. The maximum absolute atomic E-state index is 12.6. The van der Waals surface area contributed by atoms with Crippen LogP contribution < -0.4 is 5.32 Å². The van der Waals surface area contributed by atoms with E-state index in [1.807, 2.05) is 35.2 Å². The van der Waals surface area contributed by atoms with E-state index in [9.17, 15) is 9.59 Å². The maximum Gasteiger partial charge on any atom is 0.227 e. The highest BCUT2D eigenvalue weighted by atomic mass is 16.2. The molecule has 3 rings (SSSR count). The highest BCUT2D eigenvalue weighted by Crippen LogP contribution is 2.22. The van der Waals surface area contributed by atoms with Crippen molar-refractivity contribution < 1.29 is 9.59 Å². The molecule has 1 aliphatic heterocycles. The summed E-state index contributed by atoms with van der Waals surface area (Å²) in [7, 11) is 0. The Hall–Kier alpha value is -2.62. The molecule has 0 radical (unpaired) electrons. The van der Waals surface area contributed by atoms with Gasteiger partial charge in [0, 0.05) is 31.1 Å². The monoisotopic (exact) mass is 378 g/mol. The number of carbonyl (C=O) groups excluding carboxylic acids is 2. The molecule has 1 saturated heterocycles. The molecule has 4 nitrogen and oxygen atoms in total. The molecule has 1 aliphatic rings. The SMILES string of the molecule is CC(C)c1ccc(NC(=O)C2CCN(C(=O)CCc3ccccc3)CC2)cc1. The molecule has 148 valence electrons. The smallest absolute Gasteiger partial charge is 0.227 e. The van der Waals surface area contributed by atoms with Crippen molar-refractivity contribution in [3.8, 4) is 0 Å². The first-order valence-corrected chi connectivity index (χ1v) is 10.3. The number of carbonyl (C=O) groups is 2. The second-order valence-corrected chi connectivity index (χ2v) is 7.91. The van der Waals surface area contributed by atoms with Gasteiger partial charge in [0.2, 0.25) is 11.8 Å². The van der Waals surface area contributed by atoms with Gasteiger partial charge in [0.25, 0.3) is 0 Å². The largest absolute Gasteiger partial charge is 0.343 e. The number of piperidine rings is 1. The molecule has 2 aromatic carbocycles. The van der Waals surface area contributed by atoms with Crippen molar-refractivity contribution in [2.75, 3.05) is 18.4 Å². The fourth-order valence-corrected chi connectivity index (χ4v) is 3.64. The van der Waals surface area contributed by atoms with Crippen molar-refractivity contribution in [1.82, 2.24) is 4.90 Å². The van der Waals surface area contributed by atoms with Gasteiger partial charge in [-0.15, -0.1) is 0 Å². The van der Waals surface area contributed by atoms with Crippen LogP contribution in [-0.2, 0) is 16.0 Å². The van der Waals surface area contributed by atoms with Gasteiger partial charge in [0.15, 0.2) is 0 Å². The average Bonchev–Trinajstić information content (AvgIpc) is 2.73. The minimum atomic E-state index is -0.0250. The van der Waals surface area contributed by atoms with E-state index in [2.05, 4.69) is 43.4 Å². The van der Waals surface area contributed by atoms with Crippen LogP contribution in [0, 0.1) is 5.92 Å². The zero-order valence-corrected chi connectivity index (χ0v) is 16.9. The zero-order valence-electron chi connectivity index (χ0n) is 16.9. The molecule has 2 amide bonds. The van der Waals surface area contributed by atoms with Crippen molar-refractivity contribution in [3.63, 3.8) is 0 Å². The van der Waals surface area contributed by atoms with Gasteiger partial charge in [-0.05, 0) is 48.4 Å². The number of nitrogens with one attached hydrogen (secondary N) is 1. The van der Waals surface area contributed by atoms with Crippen molar-refractivity contribution in [3.05, 3.63) is 65.7 Å². The van der Waals surface area contributed by atoms with E-state index < -0.39 is 0 Å². The summed E-state index contributed by atoms with van der Waals surface area (Å²) in [6.07, 6.45) is 2.76. The summed E-state index contributed by atoms with van der Waals surface area (Å²) < 4.78 is 0.